The molecule has 1 aromatic heterocycles. The van der Waals surface area contributed by atoms with E-state index < -0.39 is 22.4 Å². The Morgan fingerprint density at radius 3 is 2.68 bits per heavy atom. The number of sulfonamides is 1. The van der Waals surface area contributed by atoms with Crippen molar-refractivity contribution in [1.29, 1.82) is 0 Å². The van der Waals surface area contributed by atoms with Crippen molar-refractivity contribution in [2.24, 2.45) is 0 Å². The second-order valence-electron chi connectivity index (χ2n) is 3.94. The fourth-order valence-corrected chi connectivity index (χ4v) is 2.56. The van der Waals surface area contributed by atoms with Crippen molar-refractivity contribution < 1.29 is 22.3 Å². The standard InChI is InChI=1S/C12H12FNO4S/c1-8-2-3-9(13)6-11(8)14-19(16,17)12-5-4-10(7-15)18-12/h2-6,14-15H,7H2,1H3. The van der Waals surface area contributed by atoms with Gasteiger partial charge in [-0.1, -0.05) is 6.07 Å². The molecule has 0 fully saturated rings. The summed E-state index contributed by atoms with van der Waals surface area (Å²) in [5.41, 5.74) is 0.723. The van der Waals surface area contributed by atoms with E-state index in [-0.39, 0.29) is 16.5 Å². The maximum atomic E-state index is 13.1. The normalized spacial score (nSPS) is 11.5. The van der Waals surface area contributed by atoms with E-state index in [1.54, 1.807) is 6.92 Å². The fraction of sp³-hybridized carbons (Fsp3) is 0.167. The van der Waals surface area contributed by atoms with Crippen LogP contribution in [0.2, 0.25) is 0 Å². The summed E-state index contributed by atoms with van der Waals surface area (Å²) < 4.78 is 44.2. The van der Waals surface area contributed by atoms with E-state index in [0.717, 1.165) is 6.07 Å². The lowest BCUT2D eigenvalue weighted by atomic mass is 10.2. The van der Waals surface area contributed by atoms with E-state index in [4.69, 9.17) is 9.52 Å². The van der Waals surface area contributed by atoms with Gasteiger partial charge < -0.3 is 9.52 Å². The highest BCUT2D eigenvalue weighted by Gasteiger charge is 2.19. The van der Waals surface area contributed by atoms with E-state index in [2.05, 4.69) is 4.72 Å². The molecule has 0 radical (unpaired) electrons. The number of aliphatic hydroxyl groups is 1. The van der Waals surface area contributed by atoms with Crippen molar-refractivity contribution in [3.05, 3.63) is 47.5 Å². The maximum Gasteiger partial charge on any atom is 0.295 e. The van der Waals surface area contributed by atoms with Crippen LogP contribution < -0.4 is 4.72 Å². The highest BCUT2D eigenvalue weighted by atomic mass is 32.2. The van der Waals surface area contributed by atoms with Crippen LogP contribution in [-0.4, -0.2) is 13.5 Å². The summed E-state index contributed by atoms with van der Waals surface area (Å²) in [6.45, 7) is 1.26. The van der Waals surface area contributed by atoms with E-state index in [9.17, 15) is 12.8 Å². The van der Waals surface area contributed by atoms with Gasteiger partial charge in [0, 0.05) is 0 Å². The second kappa shape index (κ2) is 5.02. The smallest absolute Gasteiger partial charge is 0.295 e. The molecule has 0 amide bonds. The molecule has 5 nitrogen and oxygen atoms in total. The Morgan fingerprint density at radius 1 is 1.32 bits per heavy atom. The molecule has 0 spiro atoms. The van der Waals surface area contributed by atoms with Crippen LogP contribution in [0.25, 0.3) is 0 Å². The molecular weight excluding hydrogens is 273 g/mol. The molecule has 0 aliphatic carbocycles. The molecule has 2 N–H and O–H groups in total. The molecule has 102 valence electrons. The third kappa shape index (κ3) is 2.94. The second-order valence-corrected chi connectivity index (χ2v) is 5.56. The minimum absolute atomic E-state index is 0.135. The molecule has 2 rings (SSSR count). The average molecular weight is 285 g/mol. The Labute approximate surface area is 109 Å². The lowest BCUT2D eigenvalue weighted by Crippen LogP contribution is -2.13. The zero-order chi connectivity index (χ0) is 14.0. The predicted octanol–water partition coefficient (Wildman–Crippen LogP) is 2.02. The molecule has 2 aromatic rings. The van der Waals surface area contributed by atoms with Gasteiger partial charge in [-0.05, 0) is 36.8 Å². The average Bonchev–Trinajstić information content (AvgIpc) is 2.83. The Hall–Kier alpha value is -1.86. The minimum atomic E-state index is -3.94. The fourth-order valence-electron chi connectivity index (χ4n) is 1.49. The minimum Gasteiger partial charge on any atom is -0.445 e. The number of hydrogen-bond donors (Lipinski definition) is 2. The van der Waals surface area contributed by atoms with Gasteiger partial charge in [-0.3, -0.25) is 4.72 Å². The number of benzene rings is 1. The van der Waals surface area contributed by atoms with Crippen LogP contribution in [-0.2, 0) is 16.6 Å². The summed E-state index contributed by atoms with van der Waals surface area (Å²) in [4.78, 5) is 0. The monoisotopic (exact) mass is 285 g/mol. The number of rotatable bonds is 4. The number of hydrogen-bond acceptors (Lipinski definition) is 4. The quantitative estimate of drug-likeness (QED) is 0.900. The maximum absolute atomic E-state index is 13.1. The zero-order valence-electron chi connectivity index (χ0n) is 10.1. The van der Waals surface area contributed by atoms with Crippen LogP contribution in [0.3, 0.4) is 0 Å². The predicted molar refractivity (Wildman–Crippen MR) is 66.6 cm³/mol. The van der Waals surface area contributed by atoms with E-state index in [1.165, 1.54) is 24.3 Å². The van der Waals surface area contributed by atoms with E-state index in [1.807, 2.05) is 0 Å². The van der Waals surface area contributed by atoms with Crippen molar-refractivity contribution in [3.8, 4) is 0 Å². The number of halogens is 1. The molecule has 0 saturated carbocycles. The number of anilines is 1. The largest absolute Gasteiger partial charge is 0.445 e. The first-order valence-corrected chi connectivity index (χ1v) is 6.89. The van der Waals surface area contributed by atoms with Crippen molar-refractivity contribution in [2.75, 3.05) is 4.72 Å². The third-order valence-electron chi connectivity index (χ3n) is 2.50. The van der Waals surface area contributed by atoms with Crippen molar-refractivity contribution in [2.45, 2.75) is 18.6 Å². The Bertz CT molecular complexity index is 694. The van der Waals surface area contributed by atoms with E-state index in [0.29, 0.717) is 5.56 Å². The summed E-state index contributed by atoms with van der Waals surface area (Å²) >= 11 is 0. The summed E-state index contributed by atoms with van der Waals surface area (Å²) in [6, 6.07) is 6.37. The van der Waals surface area contributed by atoms with Gasteiger partial charge in [0.15, 0.2) is 0 Å². The van der Waals surface area contributed by atoms with E-state index >= 15 is 0 Å². The number of aryl methyl sites for hydroxylation is 1. The molecule has 0 aliphatic rings. The van der Waals surface area contributed by atoms with Crippen LogP contribution in [0.5, 0.6) is 0 Å². The van der Waals surface area contributed by atoms with Gasteiger partial charge in [-0.15, -0.1) is 0 Å². The zero-order valence-corrected chi connectivity index (χ0v) is 10.9. The number of nitrogens with one attached hydrogen (secondary N) is 1. The highest BCUT2D eigenvalue weighted by Crippen LogP contribution is 2.22. The Balaban J connectivity index is 2.33. The van der Waals surface area contributed by atoms with Crippen LogP contribution in [0.15, 0.2) is 39.8 Å². The lowest BCUT2D eigenvalue weighted by Gasteiger charge is -2.08. The highest BCUT2D eigenvalue weighted by molar-refractivity contribution is 7.92. The molecular formula is C12H12FNO4S. The Kier molecular flexibility index (Phi) is 3.59. The number of furan rings is 1. The molecule has 1 heterocycles. The SMILES string of the molecule is Cc1ccc(F)cc1NS(=O)(=O)c1ccc(CO)o1. The Morgan fingerprint density at radius 2 is 2.05 bits per heavy atom. The molecule has 0 aliphatic heterocycles. The molecule has 1 aromatic carbocycles. The summed E-state index contributed by atoms with van der Waals surface area (Å²) in [5.74, 6) is -0.407. The van der Waals surface area contributed by atoms with Crippen LogP contribution in [0.4, 0.5) is 10.1 Å². The van der Waals surface area contributed by atoms with Crippen LogP contribution in [0.1, 0.15) is 11.3 Å². The van der Waals surface area contributed by atoms with Gasteiger partial charge in [0.2, 0.25) is 5.09 Å². The summed E-state index contributed by atoms with van der Waals surface area (Å²) in [5, 5.41) is 8.50. The summed E-state index contributed by atoms with van der Waals surface area (Å²) in [7, 11) is -3.94. The molecule has 0 unspecified atom stereocenters. The molecule has 0 bridgehead atoms. The van der Waals surface area contributed by atoms with Gasteiger partial charge in [0.25, 0.3) is 10.0 Å². The van der Waals surface area contributed by atoms with Crippen LogP contribution in [0, 0.1) is 12.7 Å². The summed E-state index contributed by atoms with van der Waals surface area (Å²) in [6.07, 6.45) is 0. The lowest BCUT2D eigenvalue weighted by molar-refractivity contribution is 0.236. The van der Waals surface area contributed by atoms with Gasteiger partial charge in [-0.2, -0.15) is 8.42 Å². The number of aliphatic hydroxyl groups excluding tert-OH is 1. The van der Waals surface area contributed by atoms with Crippen molar-refractivity contribution >= 4 is 15.7 Å². The van der Waals surface area contributed by atoms with Gasteiger partial charge in [-0.25, -0.2) is 4.39 Å². The molecule has 0 saturated heterocycles. The first-order chi connectivity index (χ1) is 8.92. The molecule has 19 heavy (non-hydrogen) atoms. The van der Waals surface area contributed by atoms with Gasteiger partial charge in [0.1, 0.15) is 18.2 Å². The van der Waals surface area contributed by atoms with Gasteiger partial charge >= 0.3 is 0 Å². The third-order valence-corrected chi connectivity index (χ3v) is 3.74. The van der Waals surface area contributed by atoms with Crippen molar-refractivity contribution in [1.82, 2.24) is 0 Å². The molecule has 7 heteroatoms. The van der Waals surface area contributed by atoms with Gasteiger partial charge in [0.05, 0.1) is 5.69 Å². The topological polar surface area (TPSA) is 79.5 Å². The van der Waals surface area contributed by atoms with Crippen molar-refractivity contribution in [3.63, 3.8) is 0 Å². The van der Waals surface area contributed by atoms with Crippen LogP contribution >= 0.6 is 0 Å². The molecule has 0 atom stereocenters. The first kappa shape index (κ1) is 13.6. The first-order valence-electron chi connectivity index (χ1n) is 5.41.